The molecule has 0 aliphatic carbocycles. The molecule has 15 heavy (non-hydrogen) atoms. The van der Waals surface area contributed by atoms with Crippen molar-refractivity contribution in [3.8, 4) is 0 Å². The Morgan fingerprint density at radius 2 is 2.20 bits per heavy atom. The average molecular weight is 214 g/mol. The molecule has 1 aliphatic heterocycles. The van der Waals surface area contributed by atoms with Gasteiger partial charge < -0.3 is 16.0 Å². The second-order valence-corrected chi connectivity index (χ2v) is 3.89. The van der Waals surface area contributed by atoms with E-state index < -0.39 is 5.91 Å². The molecule has 1 rings (SSSR count). The van der Waals surface area contributed by atoms with Crippen LogP contribution in [-0.2, 0) is 9.59 Å². The molecule has 1 heterocycles. The Morgan fingerprint density at radius 3 is 2.73 bits per heavy atom. The van der Waals surface area contributed by atoms with Gasteiger partial charge in [0.2, 0.25) is 11.8 Å². The fourth-order valence-corrected chi connectivity index (χ4v) is 1.68. The molecule has 0 spiro atoms. The van der Waals surface area contributed by atoms with Crippen molar-refractivity contribution in [2.45, 2.75) is 6.04 Å². The van der Waals surface area contributed by atoms with Gasteiger partial charge in [-0.15, -0.1) is 0 Å². The number of rotatable bonds is 3. The van der Waals surface area contributed by atoms with E-state index in [1.165, 1.54) is 4.90 Å². The number of nitrogens with zero attached hydrogens (tertiary/aromatic N) is 2. The quantitative estimate of drug-likeness (QED) is 0.560. The molecule has 0 aromatic rings. The SMILES string of the molecule is CN(C)C(=O)C1CNCCN1CC(N)=O. The van der Waals surface area contributed by atoms with E-state index >= 15 is 0 Å². The number of amides is 2. The van der Waals surface area contributed by atoms with Crippen LogP contribution >= 0.6 is 0 Å². The van der Waals surface area contributed by atoms with Crippen molar-refractivity contribution in [3.05, 3.63) is 0 Å². The zero-order chi connectivity index (χ0) is 11.4. The Morgan fingerprint density at radius 1 is 1.53 bits per heavy atom. The van der Waals surface area contributed by atoms with Gasteiger partial charge in [0.05, 0.1) is 6.54 Å². The van der Waals surface area contributed by atoms with Crippen molar-refractivity contribution in [3.63, 3.8) is 0 Å². The van der Waals surface area contributed by atoms with Crippen molar-refractivity contribution >= 4 is 11.8 Å². The molecule has 1 atom stereocenters. The van der Waals surface area contributed by atoms with E-state index in [0.29, 0.717) is 13.1 Å². The lowest BCUT2D eigenvalue weighted by atomic mass is 10.1. The van der Waals surface area contributed by atoms with Gasteiger partial charge >= 0.3 is 0 Å². The number of hydrogen-bond acceptors (Lipinski definition) is 4. The molecule has 1 aliphatic rings. The van der Waals surface area contributed by atoms with Crippen LogP contribution in [0.25, 0.3) is 0 Å². The molecule has 0 saturated carbocycles. The molecule has 0 aromatic carbocycles. The second-order valence-electron chi connectivity index (χ2n) is 3.89. The standard InChI is InChI=1S/C9H18N4O2/c1-12(2)9(15)7-5-11-3-4-13(7)6-8(10)14/h7,11H,3-6H2,1-2H3,(H2,10,14). The van der Waals surface area contributed by atoms with Gasteiger partial charge in [-0.1, -0.05) is 0 Å². The van der Waals surface area contributed by atoms with Crippen molar-refractivity contribution in [1.29, 1.82) is 0 Å². The minimum atomic E-state index is -0.395. The largest absolute Gasteiger partial charge is 0.369 e. The van der Waals surface area contributed by atoms with Crippen molar-refractivity contribution < 1.29 is 9.59 Å². The highest BCUT2D eigenvalue weighted by molar-refractivity contribution is 5.83. The van der Waals surface area contributed by atoms with E-state index in [2.05, 4.69) is 5.32 Å². The zero-order valence-corrected chi connectivity index (χ0v) is 9.19. The van der Waals surface area contributed by atoms with E-state index in [9.17, 15) is 9.59 Å². The third kappa shape index (κ3) is 3.17. The van der Waals surface area contributed by atoms with Gasteiger partial charge in [-0.25, -0.2) is 0 Å². The summed E-state index contributed by atoms with van der Waals surface area (Å²) in [5.41, 5.74) is 5.14. The van der Waals surface area contributed by atoms with Crippen LogP contribution in [-0.4, -0.2) is 67.9 Å². The maximum atomic E-state index is 11.8. The van der Waals surface area contributed by atoms with Gasteiger partial charge in [0.25, 0.3) is 0 Å². The lowest BCUT2D eigenvalue weighted by Crippen LogP contribution is -2.59. The van der Waals surface area contributed by atoms with Gasteiger partial charge in [0.15, 0.2) is 0 Å². The summed E-state index contributed by atoms with van der Waals surface area (Å²) >= 11 is 0. The van der Waals surface area contributed by atoms with E-state index in [1.54, 1.807) is 14.1 Å². The Balaban J connectivity index is 2.65. The first-order chi connectivity index (χ1) is 7.02. The zero-order valence-electron chi connectivity index (χ0n) is 9.19. The van der Waals surface area contributed by atoms with Crippen LogP contribution in [0.5, 0.6) is 0 Å². The van der Waals surface area contributed by atoms with Crippen LogP contribution in [0.4, 0.5) is 0 Å². The maximum absolute atomic E-state index is 11.8. The van der Waals surface area contributed by atoms with E-state index in [4.69, 9.17) is 5.73 Å². The molecular weight excluding hydrogens is 196 g/mol. The topological polar surface area (TPSA) is 78.7 Å². The summed E-state index contributed by atoms with van der Waals surface area (Å²) in [5.74, 6) is -0.392. The number of nitrogens with one attached hydrogen (secondary N) is 1. The number of primary amides is 1. The molecule has 2 amide bonds. The van der Waals surface area contributed by atoms with E-state index in [1.807, 2.05) is 4.90 Å². The Labute approximate surface area is 89.4 Å². The van der Waals surface area contributed by atoms with Crippen molar-refractivity contribution in [2.75, 3.05) is 40.3 Å². The van der Waals surface area contributed by atoms with Gasteiger partial charge in [-0.2, -0.15) is 0 Å². The number of carbonyl (C=O) groups is 2. The monoisotopic (exact) mass is 214 g/mol. The summed E-state index contributed by atoms with van der Waals surface area (Å²) in [7, 11) is 3.42. The first kappa shape index (κ1) is 11.9. The van der Waals surface area contributed by atoms with Crippen LogP contribution in [0.1, 0.15) is 0 Å². The van der Waals surface area contributed by atoms with Crippen LogP contribution < -0.4 is 11.1 Å². The Hall–Kier alpha value is -1.14. The Bertz CT molecular complexity index is 254. The number of piperazine rings is 1. The predicted octanol–water partition coefficient (Wildman–Crippen LogP) is -2.17. The van der Waals surface area contributed by atoms with Gasteiger partial charge in [0, 0.05) is 33.7 Å². The van der Waals surface area contributed by atoms with Crippen molar-refractivity contribution in [2.24, 2.45) is 5.73 Å². The molecular formula is C9H18N4O2. The summed E-state index contributed by atoms with van der Waals surface area (Å²) in [4.78, 5) is 26.0. The first-order valence-electron chi connectivity index (χ1n) is 4.96. The maximum Gasteiger partial charge on any atom is 0.240 e. The third-order valence-electron chi connectivity index (χ3n) is 2.44. The van der Waals surface area contributed by atoms with Crippen LogP contribution in [0, 0.1) is 0 Å². The summed E-state index contributed by atoms with van der Waals surface area (Å²) in [6.07, 6.45) is 0. The lowest BCUT2D eigenvalue weighted by Gasteiger charge is -2.35. The third-order valence-corrected chi connectivity index (χ3v) is 2.44. The van der Waals surface area contributed by atoms with Crippen LogP contribution in [0.2, 0.25) is 0 Å². The normalized spacial score (nSPS) is 22.4. The molecule has 6 heteroatoms. The molecule has 0 bridgehead atoms. The molecule has 1 unspecified atom stereocenters. The molecule has 0 aromatic heterocycles. The van der Waals surface area contributed by atoms with Crippen LogP contribution in [0.15, 0.2) is 0 Å². The summed E-state index contributed by atoms with van der Waals surface area (Å²) < 4.78 is 0. The molecule has 1 saturated heterocycles. The minimum absolute atomic E-state index is 0.00319. The second kappa shape index (κ2) is 5.09. The fraction of sp³-hybridized carbons (Fsp3) is 0.778. The number of hydrogen-bond donors (Lipinski definition) is 2. The highest BCUT2D eigenvalue weighted by Crippen LogP contribution is 2.05. The summed E-state index contributed by atoms with van der Waals surface area (Å²) in [6.45, 7) is 2.17. The average Bonchev–Trinajstić information content (AvgIpc) is 2.16. The molecule has 3 N–H and O–H groups in total. The van der Waals surface area contributed by atoms with Gasteiger partial charge in [-0.3, -0.25) is 14.5 Å². The molecule has 1 fully saturated rings. The van der Waals surface area contributed by atoms with E-state index in [-0.39, 0.29) is 18.5 Å². The first-order valence-corrected chi connectivity index (χ1v) is 4.96. The minimum Gasteiger partial charge on any atom is -0.369 e. The van der Waals surface area contributed by atoms with Gasteiger partial charge in [-0.05, 0) is 0 Å². The predicted molar refractivity (Wildman–Crippen MR) is 56.1 cm³/mol. The van der Waals surface area contributed by atoms with E-state index in [0.717, 1.165) is 6.54 Å². The van der Waals surface area contributed by atoms with Gasteiger partial charge in [0.1, 0.15) is 6.04 Å². The Kier molecular flexibility index (Phi) is 4.05. The smallest absolute Gasteiger partial charge is 0.240 e. The highest BCUT2D eigenvalue weighted by Gasteiger charge is 2.30. The summed E-state index contributed by atoms with van der Waals surface area (Å²) in [5, 5.41) is 3.13. The highest BCUT2D eigenvalue weighted by atomic mass is 16.2. The number of likely N-dealkylation sites (N-methyl/N-ethyl adjacent to an activating group) is 1. The fourth-order valence-electron chi connectivity index (χ4n) is 1.68. The number of carbonyl (C=O) groups excluding carboxylic acids is 2. The molecule has 6 nitrogen and oxygen atoms in total. The number of nitrogens with two attached hydrogens (primary N) is 1. The molecule has 86 valence electrons. The molecule has 0 radical (unpaired) electrons. The lowest BCUT2D eigenvalue weighted by molar-refractivity contribution is -0.136. The van der Waals surface area contributed by atoms with Crippen molar-refractivity contribution in [1.82, 2.24) is 15.1 Å². The van der Waals surface area contributed by atoms with Crippen LogP contribution in [0.3, 0.4) is 0 Å². The summed E-state index contributed by atoms with van der Waals surface area (Å²) in [6, 6.07) is -0.277.